The van der Waals surface area contributed by atoms with Crippen LogP contribution in [-0.2, 0) is 4.74 Å². The smallest absolute Gasteiger partial charge is 0.0950 e. The fourth-order valence-corrected chi connectivity index (χ4v) is 3.02. The van der Waals surface area contributed by atoms with E-state index >= 15 is 0 Å². The first kappa shape index (κ1) is 11.4. The van der Waals surface area contributed by atoms with E-state index in [0.29, 0.717) is 19.3 Å². The molecule has 0 aromatic heterocycles. The molecule has 0 aromatic rings. The van der Waals surface area contributed by atoms with Crippen LogP contribution in [0.2, 0.25) is 0 Å². The first-order chi connectivity index (χ1) is 7.33. The zero-order valence-electron chi connectivity index (χ0n) is 9.69. The van der Waals surface area contributed by atoms with Gasteiger partial charge in [-0.15, -0.1) is 0 Å². The number of ether oxygens (including phenoxy) is 1. The van der Waals surface area contributed by atoms with Gasteiger partial charge in [0.1, 0.15) is 0 Å². The van der Waals surface area contributed by atoms with Crippen molar-refractivity contribution < 1.29 is 9.84 Å². The van der Waals surface area contributed by atoms with Gasteiger partial charge in [0.25, 0.3) is 0 Å². The molecule has 3 nitrogen and oxygen atoms in total. The highest BCUT2D eigenvalue weighted by Gasteiger charge is 2.34. The lowest BCUT2D eigenvalue weighted by molar-refractivity contribution is 0.0446. The van der Waals surface area contributed by atoms with E-state index in [1.165, 1.54) is 32.1 Å². The van der Waals surface area contributed by atoms with Crippen LogP contribution in [0.3, 0.4) is 0 Å². The number of rotatable bonds is 3. The third-order valence-electron chi connectivity index (χ3n) is 3.86. The highest BCUT2D eigenvalue weighted by molar-refractivity contribution is 4.88. The van der Waals surface area contributed by atoms with Gasteiger partial charge >= 0.3 is 0 Å². The van der Waals surface area contributed by atoms with Gasteiger partial charge in [0, 0.05) is 6.04 Å². The maximum Gasteiger partial charge on any atom is 0.0950 e. The summed E-state index contributed by atoms with van der Waals surface area (Å²) in [4.78, 5) is 2.47. The molecule has 2 atom stereocenters. The predicted molar refractivity (Wildman–Crippen MR) is 59.9 cm³/mol. The molecule has 2 aliphatic rings. The standard InChI is InChI=1S/C12H23NO2/c1-2-13(10-6-4-3-5-7-10)11-8-15-9-12(11)14/h10-12,14H,2-9H2,1H3/t11-,12-/m1/s1. The second-order valence-corrected chi connectivity index (χ2v) is 4.79. The van der Waals surface area contributed by atoms with Crippen LogP contribution in [0.1, 0.15) is 39.0 Å². The number of aliphatic hydroxyl groups is 1. The first-order valence-electron chi connectivity index (χ1n) is 6.34. The van der Waals surface area contributed by atoms with E-state index in [2.05, 4.69) is 11.8 Å². The van der Waals surface area contributed by atoms with Crippen molar-refractivity contribution in [1.29, 1.82) is 0 Å². The number of nitrogens with zero attached hydrogens (tertiary/aromatic N) is 1. The van der Waals surface area contributed by atoms with Crippen molar-refractivity contribution in [3.63, 3.8) is 0 Å². The van der Waals surface area contributed by atoms with Crippen LogP contribution in [0.15, 0.2) is 0 Å². The minimum atomic E-state index is -0.271. The monoisotopic (exact) mass is 213 g/mol. The Hall–Kier alpha value is -0.120. The molecule has 0 spiro atoms. The average molecular weight is 213 g/mol. The van der Waals surface area contributed by atoms with Gasteiger partial charge in [0.2, 0.25) is 0 Å². The minimum Gasteiger partial charge on any atom is -0.389 e. The average Bonchev–Trinajstić information content (AvgIpc) is 2.68. The molecule has 0 bridgehead atoms. The topological polar surface area (TPSA) is 32.7 Å². The normalized spacial score (nSPS) is 33.8. The lowest BCUT2D eigenvalue weighted by Gasteiger charge is -2.38. The zero-order valence-corrected chi connectivity index (χ0v) is 9.69. The van der Waals surface area contributed by atoms with Gasteiger partial charge in [-0.25, -0.2) is 0 Å². The third kappa shape index (κ3) is 2.52. The van der Waals surface area contributed by atoms with E-state index in [9.17, 15) is 5.11 Å². The predicted octanol–water partition coefficient (Wildman–Crippen LogP) is 1.40. The van der Waals surface area contributed by atoms with Crippen LogP contribution in [0.5, 0.6) is 0 Å². The van der Waals surface area contributed by atoms with Gasteiger partial charge in [0.05, 0.1) is 25.4 Å². The van der Waals surface area contributed by atoms with Gasteiger partial charge in [-0.1, -0.05) is 26.2 Å². The Labute approximate surface area is 92.4 Å². The van der Waals surface area contributed by atoms with Crippen LogP contribution in [0, 0.1) is 0 Å². The molecule has 15 heavy (non-hydrogen) atoms. The molecule has 0 unspecified atom stereocenters. The van der Waals surface area contributed by atoms with Gasteiger partial charge in [-0.05, 0) is 19.4 Å². The molecule has 1 aliphatic carbocycles. The summed E-state index contributed by atoms with van der Waals surface area (Å²) < 4.78 is 5.35. The molecule has 1 saturated carbocycles. The van der Waals surface area contributed by atoms with Crippen molar-refractivity contribution in [2.24, 2.45) is 0 Å². The summed E-state index contributed by atoms with van der Waals surface area (Å²) in [5.74, 6) is 0. The number of hydrogen-bond acceptors (Lipinski definition) is 3. The zero-order chi connectivity index (χ0) is 10.7. The lowest BCUT2D eigenvalue weighted by atomic mass is 9.92. The van der Waals surface area contributed by atoms with Gasteiger partial charge in [0.15, 0.2) is 0 Å². The largest absolute Gasteiger partial charge is 0.389 e. The molecule has 1 saturated heterocycles. The second-order valence-electron chi connectivity index (χ2n) is 4.79. The molecule has 0 aromatic carbocycles. The summed E-state index contributed by atoms with van der Waals surface area (Å²) in [5.41, 5.74) is 0. The Morgan fingerprint density at radius 1 is 1.20 bits per heavy atom. The Morgan fingerprint density at radius 2 is 1.93 bits per heavy atom. The van der Waals surface area contributed by atoms with E-state index in [1.807, 2.05) is 0 Å². The molecule has 2 fully saturated rings. The van der Waals surface area contributed by atoms with Crippen LogP contribution >= 0.6 is 0 Å². The summed E-state index contributed by atoms with van der Waals surface area (Å²) in [7, 11) is 0. The number of likely N-dealkylation sites (N-methyl/N-ethyl adjacent to an activating group) is 1. The van der Waals surface area contributed by atoms with Crippen LogP contribution in [-0.4, -0.2) is 48.0 Å². The third-order valence-corrected chi connectivity index (χ3v) is 3.86. The first-order valence-corrected chi connectivity index (χ1v) is 6.34. The highest BCUT2D eigenvalue weighted by Crippen LogP contribution is 2.26. The van der Waals surface area contributed by atoms with Gasteiger partial charge in [-0.3, -0.25) is 4.90 Å². The fraction of sp³-hybridized carbons (Fsp3) is 1.00. The van der Waals surface area contributed by atoms with E-state index < -0.39 is 0 Å². The van der Waals surface area contributed by atoms with Crippen molar-refractivity contribution in [3.05, 3.63) is 0 Å². The van der Waals surface area contributed by atoms with Crippen molar-refractivity contribution >= 4 is 0 Å². The minimum absolute atomic E-state index is 0.248. The Morgan fingerprint density at radius 3 is 2.47 bits per heavy atom. The molecule has 1 N–H and O–H groups in total. The summed E-state index contributed by atoms with van der Waals surface area (Å²) in [6.07, 6.45) is 6.42. The summed E-state index contributed by atoms with van der Waals surface area (Å²) >= 11 is 0. The lowest BCUT2D eigenvalue weighted by Crippen LogP contribution is -2.49. The summed E-state index contributed by atoms with van der Waals surface area (Å²) in [6.45, 7) is 4.47. The van der Waals surface area contributed by atoms with E-state index in [0.717, 1.165) is 6.54 Å². The van der Waals surface area contributed by atoms with E-state index in [1.54, 1.807) is 0 Å². The van der Waals surface area contributed by atoms with Crippen LogP contribution in [0.4, 0.5) is 0 Å². The summed E-state index contributed by atoms with van der Waals surface area (Å²) in [5, 5.41) is 9.85. The quantitative estimate of drug-likeness (QED) is 0.769. The van der Waals surface area contributed by atoms with Gasteiger partial charge < -0.3 is 9.84 Å². The number of aliphatic hydroxyl groups excluding tert-OH is 1. The van der Waals surface area contributed by atoms with Gasteiger partial charge in [-0.2, -0.15) is 0 Å². The van der Waals surface area contributed by atoms with Crippen molar-refractivity contribution in [3.8, 4) is 0 Å². The molecule has 0 radical (unpaired) electrons. The molecule has 1 heterocycles. The molecule has 88 valence electrons. The Bertz CT molecular complexity index is 192. The highest BCUT2D eigenvalue weighted by atomic mass is 16.5. The Kier molecular flexibility index (Phi) is 4.00. The fourth-order valence-electron chi connectivity index (χ4n) is 3.02. The molecular weight excluding hydrogens is 190 g/mol. The Balaban J connectivity index is 1.95. The SMILES string of the molecule is CCN(C1CCCCC1)[C@@H]1COC[C@H]1O. The van der Waals surface area contributed by atoms with Crippen LogP contribution in [0.25, 0.3) is 0 Å². The molecule has 1 aliphatic heterocycles. The molecule has 2 rings (SSSR count). The van der Waals surface area contributed by atoms with E-state index in [4.69, 9.17) is 4.74 Å². The second kappa shape index (κ2) is 5.28. The van der Waals surface area contributed by atoms with Crippen molar-refractivity contribution in [1.82, 2.24) is 4.90 Å². The van der Waals surface area contributed by atoms with Crippen molar-refractivity contribution in [2.45, 2.75) is 57.2 Å². The molecule has 0 amide bonds. The van der Waals surface area contributed by atoms with Crippen LogP contribution < -0.4 is 0 Å². The molecular formula is C12H23NO2. The maximum absolute atomic E-state index is 9.85. The van der Waals surface area contributed by atoms with E-state index in [-0.39, 0.29) is 12.1 Å². The van der Waals surface area contributed by atoms with Crippen molar-refractivity contribution in [2.75, 3.05) is 19.8 Å². The maximum atomic E-state index is 9.85. The molecule has 3 heteroatoms. The summed E-state index contributed by atoms with van der Waals surface area (Å²) in [6, 6.07) is 0.934. The number of hydrogen-bond donors (Lipinski definition) is 1.